The molecule has 1 aromatic carbocycles. The van der Waals surface area contributed by atoms with E-state index in [-0.39, 0.29) is 11.2 Å². The monoisotopic (exact) mass is 347 g/mol. The van der Waals surface area contributed by atoms with Gasteiger partial charge in [-0.2, -0.15) is 0 Å². The molecule has 0 fully saturated rings. The van der Waals surface area contributed by atoms with E-state index in [0.29, 0.717) is 10.7 Å². The number of nitrogens with zero attached hydrogens (tertiary/aromatic N) is 4. The molecule has 0 spiro atoms. The van der Waals surface area contributed by atoms with Gasteiger partial charge in [-0.3, -0.25) is 14.2 Å². The number of para-hydroxylation sites is 1. The van der Waals surface area contributed by atoms with Crippen LogP contribution < -0.4 is 16.6 Å². The summed E-state index contributed by atoms with van der Waals surface area (Å²) >= 11 is 5.98. The van der Waals surface area contributed by atoms with Gasteiger partial charge in [0.15, 0.2) is 11.2 Å². The minimum atomic E-state index is -0.611. The summed E-state index contributed by atoms with van der Waals surface area (Å²) in [5.74, 6) is -0.524. The number of fused-ring (bicyclic) bond motifs is 1. The van der Waals surface area contributed by atoms with E-state index in [1.165, 1.54) is 22.5 Å². The van der Waals surface area contributed by atoms with Gasteiger partial charge >= 0.3 is 5.69 Å². The van der Waals surface area contributed by atoms with Crippen LogP contribution in [-0.2, 0) is 25.4 Å². The van der Waals surface area contributed by atoms with Gasteiger partial charge in [0, 0.05) is 14.1 Å². The van der Waals surface area contributed by atoms with Gasteiger partial charge < -0.3 is 9.88 Å². The van der Waals surface area contributed by atoms with Crippen molar-refractivity contribution in [1.82, 2.24) is 18.7 Å². The van der Waals surface area contributed by atoms with E-state index in [1.807, 2.05) is 0 Å². The van der Waals surface area contributed by atoms with Gasteiger partial charge in [-0.25, -0.2) is 14.3 Å². The van der Waals surface area contributed by atoms with Crippen LogP contribution in [0.25, 0.3) is 11.2 Å². The molecule has 0 saturated carbocycles. The Hall–Kier alpha value is -2.87. The van der Waals surface area contributed by atoms with Gasteiger partial charge in [-0.15, -0.1) is 0 Å². The number of aryl methyl sites for hydroxylation is 2. The highest BCUT2D eigenvalue weighted by atomic mass is 35.5. The molecule has 3 rings (SSSR count). The lowest BCUT2D eigenvalue weighted by molar-refractivity contribution is -0.116. The minimum Gasteiger partial charge on any atom is -0.328 e. The maximum absolute atomic E-state index is 12.5. The minimum absolute atomic E-state index is 0.252. The SMILES string of the molecule is Cn1cnc2c1c(=O)n(CC(=O)Nc1ccccc1Cl)c(=O)n2C. The number of anilines is 1. The molecule has 0 aliphatic rings. The Kier molecular flexibility index (Phi) is 3.98. The Morgan fingerprint density at radius 3 is 2.67 bits per heavy atom. The number of imidazole rings is 1. The molecule has 0 unspecified atom stereocenters. The molecule has 0 radical (unpaired) electrons. The standard InChI is InChI=1S/C15H14ClN5O3/c1-19-8-17-13-12(19)14(23)21(15(24)20(13)2)7-11(22)18-10-6-4-3-5-9(10)16/h3-6,8H,7H2,1-2H3,(H,18,22). The summed E-state index contributed by atoms with van der Waals surface area (Å²) in [5, 5.41) is 2.96. The molecule has 0 atom stereocenters. The van der Waals surface area contributed by atoms with Crippen molar-refractivity contribution in [1.29, 1.82) is 0 Å². The maximum atomic E-state index is 12.5. The summed E-state index contributed by atoms with van der Waals surface area (Å²) in [6.45, 7) is -0.419. The number of hydrogen-bond acceptors (Lipinski definition) is 4. The van der Waals surface area contributed by atoms with E-state index in [4.69, 9.17) is 11.6 Å². The fraction of sp³-hybridized carbons (Fsp3) is 0.200. The predicted octanol–water partition coefficient (Wildman–Crippen LogP) is 0.726. The van der Waals surface area contributed by atoms with Crippen molar-refractivity contribution in [2.45, 2.75) is 6.54 Å². The molecule has 1 amide bonds. The normalized spacial score (nSPS) is 11.0. The molecule has 9 heteroatoms. The van der Waals surface area contributed by atoms with E-state index in [1.54, 1.807) is 31.3 Å². The second kappa shape index (κ2) is 5.97. The first kappa shape index (κ1) is 16.0. The second-order valence-corrected chi connectivity index (χ2v) is 5.70. The number of aromatic nitrogens is 4. The van der Waals surface area contributed by atoms with E-state index in [0.717, 1.165) is 4.57 Å². The molecule has 1 N–H and O–H groups in total. The van der Waals surface area contributed by atoms with Crippen LogP contribution in [0.1, 0.15) is 0 Å². The molecule has 8 nitrogen and oxygen atoms in total. The summed E-state index contributed by atoms with van der Waals surface area (Å²) in [6, 6.07) is 6.71. The van der Waals surface area contributed by atoms with Gasteiger partial charge in [-0.05, 0) is 12.1 Å². The molecule has 3 aromatic rings. The van der Waals surface area contributed by atoms with Gasteiger partial charge in [0.2, 0.25) is 5.91 Å². The lowest BCUT2D eigenvalue weighted by Gasteiger charge is -2.10. The van der Waals surface area contributed by atoms with Crippen LogP contribution >= 0.6 is 11.6 Å². The molecule has 2 aromatic heterocycles. The third-order valence-corrected chi connectivity index (χ3v) is 3.98. The van der Waals surface area contributed by atoms with Gasteiger partial charge in [-0.1, -0.05) is 23.7 Å². The van der Waals surface area contributed by atoms with Crippen molar-refractivity contribution in [3.63, 3.8) is 0 Å². The quantitative estimate of drug-likeness (QED) is 0.756. The Bertz CT molecular complexity index is 1060. The summed E-state index contributed by atoms with van der Waals surface area (Å²) in [5.41, 5.74) is -0.239. The van der Waals surface area contributed by atoms with Crippen LogP contribution in [0.3, 0.4) is 0 Å². The van der Waals surface area contributed by atoms with Gasteiger partial charge in [0.25, 0.3) is 5.56 Å². The molecule has 24 heavy (non-hydrogen) atoms. The van der Waals surface area contributed by atoms with E-state index in [2.05, 4.69) is 10.3 Å². The van der Waals surface area contributed by atoms with Crippen molar-refractivity contribution in [3.8, 4) is 0 Å². The first-order chi connectivity index (χ1) is 11.4. The maximum Gasteiger partial charge on any atom is 0.332 e. The van der Waals surface area contributed by atoms with Crippen molar-refractivity contribution < 1.29 is 4.79 Å². The van der Waals surface area contributed by atoms with Crippen LogP contribution in [-0.4, -0.2) is 24.6 Å². The van der Waals surface area contributed by atoms with Crippen molar-refractivity contribution in [3.05, 3.63) is 56.5 Å². The molecule has 0 bridgehead atoms. The number of carbonyl (C=O) groups excluding carboxylic acids is 1. The Balaban J connectivity index is 2.00. The number of amides is 1. The van der Waals surface area contributed by atoms with Crippen LogP contribution in [0.5, 0.6) is 0 Å². The van der Waals surface area contributed by atoms with Crippen LogP contribution in [0.4, 0.5) is 5.69 Å². The van der Waals surface area contributed by atoms with Crippen LogP contribution in [0.2, 0.25) is 5.02 Å². The van der Waals surface area contributed by atoms with E-state index < -0.39 is 23.7 Å². The lowest BCUT2D eigenvalue weighted by Crippen LogP contribution is -2.42. The third kappa shape index (κ3) is 2.61. The average Bonchev–Trinajstić information content (AvgIpc) is 2.94. The zero-order valence-electron chi connectivity index (χ0n) is 13.0. The predicted molar refractivity (Wildman–Crippen MR) is 90.3 cm³/mol. The molecular weight excluding hydrogens is 334 g/mol. The van der Waals surface area contributed by atoms with Crippen LogP contribution in [0.15, 0.2) is 40.2 Å². The van der Waals surface area contributed by atoms with E-state index in [9.17, 15) is 14.4 Å². The number of hydrogen-bond donors (Lipinski definition) is 1. The smallest absolute Gasteiger partial charge is 0.328 e. The number of halogens is 1. The Morgan fingerprint density at radius 2 is 1.96 bits per heavy atom. The van der Waals surface area contributed by atoms with Gasteiger partial charge in [0.05, 0.1) is 17.0 Å². The molecule has 2 heterocycles. The summed E-state index contributed by atoms with van der Waals surface area (Å²) in [6.07, 6.45) is 1.44. The summed E-state index contributed by atoms with van der Waals surface area (Å²) in [4.78, 5) is 41.1. The highest BCUT2D eigenvalue weighted by Gasteiger charge is 2.17. The zero-order valence-corrected chi connectivity index (χ0v) is 13.7. The third-order valence-electron chi connectivity index (χ3n) is 3.65. The Labute approximate surface area is 140 Å². The topological polar surface area (TPSA) is 90.9 Å². The van der Waals surface area contributed by atoms with Gasteiger partial charge in [0.1, 0.15) is 6.54 Å². The zero-order chi connectivity index (χ0) is 17.4. The largest absolute Gasteiger partial charge is 0.332 e. The second-order valence-electron chi connectivity index (χ2n) is 5.29. The van der Waals surface area contributed by atoms with Crippen molar-refractivity contribution in [2.75, 3.05) is 5.32 Å². The number of rotatable bonds is 3. The lowest BCUT2D eigenvalue weighted by atomic mass is 10.3. The molecule has 0 saturated heterocycles. The highest BCUT2D eigenvalue weighted by Crippen LogP contribution is 2.20. The highest BCUT2D eigenvalue weighted by molar-refractivity contribution is 6.33. The van der Waals surface area contributed by atoms with Crippen molar-refractivity contribution in [2.24, 2.45) is 14.1 Å². The fourth-order valence-electron chi connectivity index (χ4n) is 2.43. The first-order valence-corrected chi connectivity index (χ1v) is 7.43. The van der Waals surface area contributed by atoms with E-state index >= 15 is 0 Å². The summed E-state index contributed by atoms with van der Waals surface area (Å²) in [7, 11) is 3.15. The fourth-order valence-corrected chi connectivity index (χ4v) is 2.61. The van der Waals surface area contributed by atoms with Crippen LogP contribution in [0, 0.1) is 0 Å². The molecule has 0 aliphatic heterocycles. The summed E-state index contributed by atoms with van der Waals surface area (Å²) < 4.78 is 3.62. The number of benzene rings is 1. The molecular formula is C15H14ClN5O3. The first-order valence-electron chi connectivity index (χ1n) is 7.05. The number of nitrogens with one attached hydrogen (secondary N) is 1. The number of carbonyl (C=O) groups is 1. The van der Waals surface area contributed by atoms with Crippen molar-refractivity contribution >= 4 is 34.4 Å². The molecule has 0 aliphatic carbocycles. The average molecular weight is 348 g/mol. The molecule has 124 valence electrons. The Morgan fingerprint density at radius 1 is 1.25 bits per heavy atom.